The molecule has 1 aliphatic heterocycles. The van der Waals surface area contributed by atoms with E-state index in [4.69, 9.17) is 0 Å². The summed E-state index contributed by atoms with van der Waals surface area (Å²) in [5.41, 5.74) is -0.820. The Morgan fingerprint density at radius 2 is 1.78 bits per heavy atom. The molecule has 0 radical (unpaired) electrons. The minimum absolute atomic E-state index is 0. The second kappa shape index (κ2) is 9.61. The third-order valence-corrected chi connectivity index (χ3v) is 4.08. The van der Waals surface area contributed by atoms with Gasteiger partial charge in [0.25, 0.3) is 0 Å². The fraction of sp³-hybridized carbons (Fsp3) is 0.562. The largest absolute Gasteiger partial charge is 0.416 e. The highest BCUT2D eigenvalue weighted by molar-refractivity contribution is 5.85. The van der Waals surface area contributed by atoms with Crippen molar-refractivity contribution in [3.63, 3.8) is 0 Å². The number of piperazine rings is 1. The maximum absolute atomic E-state index is 13.2. The Bertz CT molecular complexity index is 617. The van der Waals surface area contributed by atoms with Gasteiger partial charge < -0.3 is 10.6 Å². The molecule has 1 atom stereocenters. The number of nitrogens with one attached hydrogen (secondary N) is 2. The van der Waals surface area contributed by atoms with Gasteiger partial charge in [-0.05, 0) is 11.6 Å². The SMILES string of the molecule is Cl.O=C(Cc1cccc(C(F)(F)F)c1)NCC(N1CCNCC1)C(F)(F)F. The Labute approximate surface area is 158 Å². The molecule has 1 saturated heterocycles. The second-order valence-corrected chi connectivity index (χ2v) is 6.02. The molecular formula is C16H20ClF6N3O. The number of hydrogen-bond acceptors (Lipinski definition) is 3. The van der Waals surface area contributed by atoms with Crippen LogP contribution in [0.3, 0.4) is 0 Å². The summed E-state index contributed by atoms with van der Waals surface area (Å²) in [5, 5.41) is 5.14. The predicted molar refractivity (Wildman–Crippen MR) is 89.7 cm³/mol. The van der Waals surface area contributed by atoms with Gasteiger partial charge in [-0.2, -0.15) is 26.3 Å². The molecule has 4 nitrogen and oxygen atoms in total. The Morgan fingerprint density at radius 1 is 1.15 bits per heavy atom. The topological polar surface area (TPSA) is 44.4 Å². The first kappa shape index (κ1) is 23.5. The lowest BCUT2D eigenvalue weighted by Crippen LogP contribution is -2.57. The van der Waals surface area contributed by atoms with Crippen LogP contribution in [-0.4, -0.2) is 55.7 Å². The molecule has 0 aromatic heterocycles. The number of nitrogens with zero attached hydrogens (tertiary/aromatic N) is 1. The van der Waals surface area contributed by atoms with E-state index < -0.39 is 42.8 Å². The summed E-state index contributed by atoms with van der Waals surface area (Å²) in [6.45, 7) is 0.609. The molecule has 0 saturated carbocycles. The van der Waals surface area contributed by atoms with Crippen LogP contribution < -0.4 is 10.6 Å². The molecule has 11 heteroatoms. The van der Waals surface area contributed by atoms with E-state index in [1.54, 1.807) is 0 Å². The fourth-order valence-electron chi connectivity index (χ4n) is 2.76. The predicted octanol–water partition coefficient (Wildman–Crippen LogP) is 2.62. The molecule has 2 rings (SSSR count). The van der Waals surface area contributed by atoms with E-state index >= 15 is 0 Å². The first-order valence-electron chi connectivity index (χ1n) is 8.01. The number of alkyl halides is 6. The Morgan fingerprint density at radius 3 is 2.33 bits per heavy atom. The highest BCUT2D eigenvalue weighted by atomic mass is 35.5. The summed E-state index contributed by atoms with van der Waals surface area (Å²) in [6.07, 6.45) is -9.48. The highest BCUT2D eigenvalue weighted by Gasteiger charge is 2.43. The van der Waals surface area contributed by atoms with E-state index in [9.17, 15) is 31.1 Å². The average molecular weight is 420 g/mol. The first-order chi connectivity index (χ1) is 12.1. The van der Waals surface area contributed by atoms with Gasteiger partial charge >= 0.3 is 12.4 Å². The Kier molecular flexibility index (Phi) is 8.37. The zero-order chi connectivity index (χ0) is 19.4. The van der Waals surface area contributed by atoms with Crippen LogP contribution in [0.5, 0.6) is 0 Å². The number of carbonyl (C=O) groups excluding carboxylic acids is 1. The number of rotatable bonds is 5. The molecule has 1 aliphatic rings. The van der Waals surface area contributed by atoms with Crippen molar-refractivity contribution in [1.82, 2.24) is 15.5 Å². The van der Waals surface area contributed by atoms with Crippen LogP contribution in [0.4, 0.5) is 26.3 Å². The van der Waals surface area contributed by atoms with E-state index in [0.717, 1.165) is 18.2 Å². The van der Waals surface area contributed by atoms with Gasteiger partial charge in [0.2, 0.25) is 5.91 Å². The van der Waals surface area contributed by atoms with Gasteiger partial charge in [-0.3, -0.25) is 9.69 Å². The van der Waals surface area contributed by atoms with Crippen molar-refractivity contribution in [1.29, 1.82) is 0 Å². The third kappa shape index (κ3) is 7.19. The van der Waals surface area contributed by atoms with Gasteiger partial charge in [0.15, 0.2) is 0 Å². The monoisotopic (exact) mass is 419 g/mol. The second-order valence-electron chi connectivity index (χ2n) is 6.02. The van der Waals surface area contributed by atoms with Gasteiger partial charge in [0, 0.05) is 32.7 Å². The molecule has 27 heavy (non-hydrogen) atoms. The average Bonchev–Trinajstić information content (AvgIpc) is 2.54. The van der Waals surface area contributed by atoms with Crippen molar-refractivity contribution >= 4 is 18.3 Å². The maximum atomic E-state index is 13.2. The molecule has 2 N–H and O–H groups in total. The van der Waals surface area contributed by atoms with Crippen molar-refractivity contribution in [3.8, 4) is 0 Å². The van der Waals surface area contributed by atoms with Gasteiger partial charge in [-0.1, -0.05) is 18.2 Å². The maximum Gasteiger partial charge on any atom is 0.416 e. The van der Waals surface area contributed by atoms with E-state index in [1.807, 2.05) is 0 Å². The molecule has 0 bridgehead atoms. The molecule has 0 spiro atoms. The molecule has 1 fully saturated rings. The van der Waals surface area contributed by atoms with Crippen LogP contribution in [0.2, 0.25) is 0 Å². The van der Waals surface area contributed by atoms with Gasteiger partial charge in [0.1, 0.15) is 6.04 Å². The first-order valence-corrected chi connectivity index (χ1v) is 8.01. The van der Waals surface area contributed by atoms with E-state index in [0.29, 0.717) is 13.1 Å². The molecule has 0 aliphatic carbocycles. The van der Waals surface area contributed by atoms with Crippen molar-refractivity contribution in [2.75, 3.05) is 32.7 Å². The van der Waals surface area contributed by atoms with Crippen LogP contribution in [-0.2, 0) is 17.4 Å². The number of benzene rings is 1. The minimum Gasteiger partial charge on any atom is -0.354 e. The van der Waals surface area contributed by atoms with Crippen molar-refractivity contribution < 1.29 is 31.1 Å². The molecule has 1 aromatic carbocycles. The quantitative estimate of drug-likeness (QED) is 0.721. The molecule has 1 unspecified atom stereocenters. The lowest BCUT2D eigenvalue weighted by atomic mass is 10.1. The van der Waals surface area contributed by atoms with E-state index in [1.165, 1.54) is 11.0 Å². The van der Waals surface area contributed by atoms with Crippen LogP contribution >= 0.6 is 12.4 Å². The number of halogens is 7. The summed E-state index contributed by atoms with van der Waals surface area (Å²) in [7, 11) is 0. The molecule has 1 heterocycles. The summed E-state index contributed by atoms with van der Waals surface area (Å²) in [5.74, 6) is -0.756. The highest BCUT2D eigenvalue weighted by Crippen LogP contribution is 2.29. The normalized spacial score (nSPS) is 17.1. The smallest absolute Gasteiger partial charge is 0.354 e. The number of carbonyl (C=O) groups is 1. The standard InChI is InChI=1S/C16H19F6N3O.ClH/c17-15(18,19)12-3-1-2-11(8-12)9-14(26)24-10-13(16(20,21)22)25-6-4-23-5-7-25;/h1-3,8,13,23H,4-7,9-10H2,(H,24,26);1H. The van der Waals surface area contributed by atoms with E-state index in [2.05, 4.69) is 10.6 Å². The molecule has 1 aromatic rings. The van der Waals surface area contributed by atoms with Crippen molar-refractivity contribution in [3.05, 3.63) is 35.4 Å². The van der Waals surface area contributed by atoms with Crippen molar-refractivity contribution in [2.24, 2.45) is 0 Å². The number of amides is 1. The summed E-state index contributed by atoms with van der Waals surface area (Å²) >= 11 is 0. The zero-order valence-electron chi connectivity index (χ0n) is 14.2. The lowest BCUT2D eigenvalue weighted by Gasteiger charge is -2.35. The van der Waals surface area contributed by atoms with E-state index in [-0.39, 0.29) is 31.1 Å². The van der Waals surface area contributed by atoms with Crippen LogP contribution in [0.1, 0.15) is 11.1 Å². The van der Waals surface area contributed by atoms with Crippen LogP contribution in [0.25, 0.3) is 0 Å². The van der Waals surface area contributed by atoms with Crippen LogP contribution in [0.15, 0.2) is 24.3 Å². The van der Waals surface area contributed by atoms with Crippen molar-refractivity contribution in [2.45, 2.75) is 24.8 Å². The third-order valence-electron chi connectivity index (χ3n) is 4.08. The minimum atomic E-state index is -4.55. The Hall–Kier alpha value is -1.52. The fourth-order valence-corrected chi connectivity index (χ4v) is 2.76. The Balaban J connectivity index is 0.00000364. The summed E-state index contributed by atoms with van der Waals surface area (Å²) < 4.78 is 77.7. The van der Waals surface area contributed by atoms with Crippen LogP contribution in [0, 0.1) is 0 Å². The molecular weight excluding hydrogens is 400 g/mol. The molecule has 154 valence electrons. The van der Waals surface area contributed by atoms with Gasteiger partial charge in [-0.15, -0.1) is 12.4 Å². The van der Waals surface area contributed by atoms with Gasteiger partial charge in [-0.25, -0.2) is 0 Å². The molecule has 1 amide bonds. The number of hydrogen-bond donors (Lipinski definition) is 2. The summed E-state index contributed by atoms with van der Waals surface area (Å²) in [4.78, 5) is 13.1. The van der Waals surface area contributed by atoms with Gasteiger partial charge in [0.05, 0.1) is 12.0 Å². The lowest BCUT2D eigenvalue weighted by molar-refractivity contribution is -0.184. The summed E-state index contributed by atoms with van der Waals surface area (Å²) in [6, 6.07) is 2.34. The zero-order valence-corrected chi connectivity index (χ0v) is 15.0.